The van der Waals surface area contributed by atoms with Crippen LogP contribution in [0.4, 0.5) is 17.1 Å². The predicted octanol–water partition coefficient (Wildman–Crippen LogP) is 4.10. The van der Waals surface area contributed by atoms with Gasteiger partial charge in [-0.15, -0.1) is 0 Å². The number of nitrogens with zero attached hydrogens (tertiary/aromatic N) is 1. The van der Waals surface area contributed by atoms with E-state index in [1.165, 1.54) is 49.8 Å². The van der Waals surface area contributed by atoms with Crippen molar-refractivity contribution in [1.82, 2.24) is 0 Å². The number of furan rings is 1. The summed E-state index contributed by atoms with van der Waals surface area (Å²) in [5.41, 5.74) is 1.20. The number of carbonyl (C=O) groups excluding carboxylic acids is 2. The average Bonchev–Trinajstić information content (AvgIpc) is 3.28. The molecule has 152 valence electrons. The molecule has 0 saturated carbocycles. The predicted molar refractivity (Wildman–Crippen MR) is 110 cm³/mol. The molecule has 1 heterocycles. The number of anilines is 2. The van der Waals surface area contributed by atoms with Crippen LogP contribution in [0.5, 0.6) is 5.75 Å². The number of hydrogen-bond acceptors (Lipinski definition) is 6. The quantitative estimate of drug-likeness (QED) is 0.345. The zero-order valence-corrected chi connectivity index (χ0v) is 15.8. The fourth-order valence-corrected chi connectivity index (χ4v) is 2.57. The highest BCUT2D eigenvalue weighted by Gasteiger charge is 2.12. The lowest BCUT2D eigenvalue weighted by molar-refractivity contribution is -0.384. The van der Waals surface area contributed by atoms with Gasteiger partial charge in [0.05, 0.1) is 24.0 Å². The van der Waals surface area contributed by atoms with Crippen LogP contribution < -0.4 is 15.4 Å². The molecule has 30 heavy (non-hydrogen) atoms. The summed E-state index contributed by atoms with van der Waals surface area (Å²) >= 11 is 0. The van der Waals surface area contributed by atoms with E-state index in [1.54, 1.807) is 30.3 Å². The van der Waals surface area contributed by atoms with Crippen LogP contribution in [0, 0.1) is 10.1 Å². The molecule has 2 amide bonds. The van der Waals surface area contributed by atoms with Crippen LogP contribution in [0.2, 0.25) is 0 Å². The second-order valence-electron chi connectivity index (χ2n) is 6.02. The van der Waals surface area contributed by atoms with Gasteiger partial charge in [0.1, 0.15) is 5.75 Å². The van der Waals surface area contributed by atoms with Gasteiger partial charge in [-0.3, -0.25) is 19.7 Å². The van der Waals surface area contributed by atoms with E-state index >= 15 is 0 Å². The number of methoxy groups -OCH3 is 1. The summed E-state index contributed by atoms with van der Waals surface area (Å²) < 4.78 is 10.3. The minimum Gasteiger partial charge on any atom is -0.495 e. The molecule has 3 rings (SSSR count). The maximum absolute atomic E-state index is 12.3. The standard InChI is InChI=1S/C21H17N3O6/c1-29-18-9-8-15(22-21(26)19-6-3-11-30-19)13-17(18)23-20(25)10-7-14-4-2-5-16(12-14)24(27)28/h2-13H,1H3,(H,22,26)(H,23,25)/b10-7+. The third-order valence-electron chi connectivity index (χ3n) is 3.97. The molecule has 0 spiro atoms. The molecule has 0 atom stereocenters. The van der Waals surface area contributed by atoms with Crippen molar-refractivity contribution in [3.63, 3.8) is 0 Å². The van der Waals surface area contributed by atoms with Crippen LogP contribution in [-0.4, -0.2) is 23.8 Å². The molecule has 0 aliphatic rings. The number of hydrogen-bond donors (Lipinski definition) is 2. The summed E-state index contributed by atoms with van der Waals surface area (Å²) in [4.78, 5) is 34.7. The lowest BCUT2D eigenvalue weighted by Gasteiger charge is -2.11. The van der Waals surface area contributed by atoms with Crippen molar-refractivity contribution < 1.29 is 23.7 Å². The minimum atomic E-state index is -0.509. The summed E-state index contributed by atoms with van der Waals surface area (Å²) in [6, 6.07) is 13.8. The van der Waals surface area contributed by atoms with Crippen LogP contribution in [-0.2, 0) is 4.79 Å². The number of nitro groups is 1. The van der Waals surface area contributed by atoms with E-state index < -0.39 is 16.7 Å². The number of rotatable bonds is 7. The zero-order valence-electron chi connectivity index (χ0n) is 15.8. The van der Waals surface area contributed by atoms with Crippen molar-refractivity contribution in [2.24, 2.45) is 0 Å². The number of amides is 2. The largest absolute Gasteiger partial charge is 0.495 e. The summed E-state index contributed by atoms with van der Waals surface area (Å²) in [7, 11) is 1.45. The van der Waals surface area contributed by atoms with Crippen molar-refractivity contribution in [3.8, 4) is 5.75 Å². The van der Waals surface area contributed by atoms with Crippen LogP contribution in [0.1, 0.15) is 16.1 Å². The molecule has 0 fully saturated rings. The van der Waals surface area contributed by atoms with Gasteiger partial charge >= 0.3 is 0 Å². The molecule has 2 aromatic carbocycles. The minimum absolute atomic E-state index is 0.0702. The molecule has 0 saturated heterocycles. The second kappa shape index (κ2) is 9.20. The number of ether oxygens (including phenoxy) is 1. The van der Waals surface area contributed by atoms with Crippen molar-refractivity contribution in [1.29, 1.82) is 0 Å². The van der Waals surface area contributed by atoms with Crippen molar-refractivity contribution in [2.45, 2.75) is 0 Å². The summed E-state index contributed by atoms with van der Waals surface area (Å²) in [5, 5.41) is 16.2. The maximum Gasteiger partial charge on any atom is 0.291 e. The Hall–Kier alpha value is -4.40. The average molecular weight is 407 g/mol. The van der Waals surface area contributed by atoms with Gasteiger partial charge in [-0.05, 0) is 42.0 Å². The zero-order chi connectivity index (χ0) is 21.5. The number of nitrogens with one attached hydrogen (secondary N) is 2. The van der Waals surface area contributed by atoms with E-state index in [0.717, 1.165) is 0 Å². The summed E-state index contributed by atoms with van der Waals surface area (Å²) in [6.07, 6.45) is 4.09. The molecule has 3 aromatic rings. The van der Waals surface area contributed by atoms with Crippen LogP contribution in [0.25, 0.3) is 6.08 Å². The molecule has 9 nitrogen and oxygen atoms in total. The van der Waals surface area contributed by atoms with E-state index in [0.29, 0.717) is 22.7 Å². The van der Waals surface area contributed by atoms with Crippen molar-refractivity contribution >= 4 is 35.0 Å². The number of non-ortho nitro benzene ring substituents is 1. The molecule has 9 heteroatoms. The first kappa shape index (κ1) is 20.3. The van der Waals surface area contributed by atoms with E-state index in [1.807, 2.05) is 0 Å². The Labute approximate surface area is 171 Å². The third-order valence-corrected chi connectivity index (χ3v) is 3.97. The molecule has 2 N–H and O–H groups in total. The molecular weight excluding hydrogens is 390 g/mol. The monoisotopic (exact) mass is 407 g/mol. The molecule has 0 aliphatic heterocycles. The van der Waals surface area contributed by atoms with E-state index in [9.17, 15) is 19.7 Å². The highest BCUT2D eigenvalue weighted by Crippen LogP contribution is 2.28. The summed E-state index contributed by atoms with van der Waals surface area (Å²) in [6.45, 7) is 0. The highest BCUT2D eigenvalue weighted by molar-refractivity contribution is 6.05. The van der Waals surface area contributed by atoms with Crippen molar-refractivity contribution in [3.05, 3.63) is 88.4 Å². The maximum atomic E-state index is 12.3. The van der Waals surface area contributed by atoms with Gasteiger partial charge in [-0.1, -0.05) is 12.1 Å². The number of carbonyl (C=O) groups is 2. The van der Waals surface area contributed by atoms with E-state index in [-0.39, 0.29) is 11.4 Å². The fourth-order valence-electron chi connectivity index (χ4n) is 2.57. The topological polar surface area (TPSA) is 124 Å². The number of benzene rings is 2. The van der Waals surface area contributed by atoms with Crippen molar-refractivity contribution in [2.75, 3.05) is 17.7 Å². The van der Waals surface area contributed by atoms with E-state index in [2.05, 4.69) is 10.6 Å². The molecule has 1 aromatic heterocycles. The molecule has 0 aliphatic carbocycles. The molecule has 0 radical (unpaired) electrons. The van der Waals surface area contributed by atoms with E-state index in [4.69, 9.17) is 9.15 Å². The van der Waals surface area contributed by atoms with Gasteiger partial charge in [0.2, 0.25) is 5.91 Å². The Kier molecular flexibility index (Phi) is 6.23. The Morgan fingerprint density at radius 3 is 2.63 bits per heavy atom. The first-order chi connectivity index (χ1) is 14.5. The number of nitro benzene ring substituents is 1. The first-order valence-electron chi connectivity index (χ1n) is 8.72. The smallest absolute Gasteiger partial charge is 0.291 e. The Morgan fingerprint density at radius 2 is 1.93 bits per heavy atom. The Bertz CT molecular complexity index is 1110. The fraction of sp³-hybridized carbons (Fsp3) is 0.0476. The molecule has 0 bridgehead atoms. The Morgan fingerprint density at radius 1 is 1.10 bits per heavy atom. The van der Waals surface area contributed by atoms with Crippen LogP contribution in [0.15, 0.2) is 71.4 Å². The lowest BCUT2D eigenvalue weighted by atomic mass is 10.2. The SMILES string of the molecule is COc1ccc(NC(=O)c2ccco2)cc1NC(=O)/C=C/c1cccc([N+](=O)[O-])c1. The molecular formula is C21H17N3O6. The third kappa shape index (κ3) is 5.10. The summed E-state index contributed by atoms with van der Waals surface area (Å²) in [5.74, 6) is -0.373. The van der Waals surface area contributed by atoms with Gasteiger partial charge in [0.25, 0.3) is 11.6 Å². The Balaban J connectivity index is 1.72. The van der Waals surface area contributed by atoms with Gasteiger partial charge in [-0.2, -0.15) is 0 Å². The van der Waals surface area contributed by atoms with Crippen LogP contribution >= 0.6 is 0 Å². The van der Waals surface area contributed by atoms with Gasteiger partial charge in [-0.25, -0.2) is 0 Å². The molecule has 0 unspecified atom stereocenters. The highest BCUT2D eigenvalue weighted by atomic mass is 16.6. The second-order valence-corrected chi connectivity index (χ2v) is 6.02. The van der Waals surface area contributed by atoms with Gasteiger partial charge < -0.3 is 19.8 Å². The van der Waals surface area contributed by atoms with Gasteiger partial charge in [0, 0.05) is 23.9 Å². The van der Waals surface area contributed by atoms with Crippen LogP contribution in [0.3, 0.4) is 0 Å². The van der Waals surface area contributed by atoms with Gasteiger partial charge in [0.15, 0.2) is 5.76 Å². The normalized spacial score (nSPS) is 10.6. The lowest BCUT2D eigenvalue weighted by Crippen LogP contribution is -2.12. The first-order valence-corrected chi connectivity index (χ1v) is 8.72.